The van der Waals surface area contributed by atoms with Gasteiger partial charge in [0, 0.05) is 25.7 Å². The van der Waals surface area contributed by atoms with E-state index in [-0.39, 0.29) is 25.7 Å². The number of ether oxygens (including phenoxy) is 4. The molecule has 0 aliphatic carbocycles. The Balaban J connectivity index is 5.25. The van der Waals surface area contributed by atoms with Gasteiger partial charge >= 0.3 is 39.5 Å². The highest BCUT2D eigenvalue weighted by Crippen LogP contribution is 2.45. The minimum absolute atomic E-state index is 0.106. The molecular formula is C76H148O17P2. The van der Waals surface area contributed by atoms with Crippen molar-refractivity contribution in [3.63, 3.8) is 0 Å². The minimum Gasteiger partial charge on any atom is -0.462 e. The predicted molar refractivity (Wildman–Crippen MR) is 386 cm³/mol. The normalized spacial score (nSPS) is 13.9. The molecule has 17 nitrogen and oxygen atoms in total. The summed E-state index contributed by atoms with van der Waals surface area (Å²) < 4.78 is 68.6. The van der Waals surface area contributed by atoms with Gasteiger partial charge in [0.15, 0.2) is 12.2 Å². The average Bonchev–Trinajstić information content (AvgIpc) is 3.36. The van der Waals surface area contributed by atoms with Crippen LogP contribution in [0.1, 0.15) is 401 Å². The van der Waals surface area contributed by atoms with Crippen molar-refractivity contribution in [3.05, 3.63) is 0 Å². The molecule has 95 heavy (non-hydrogen) atoms. The summed E-state index contributed by atoms with van der Waals surface area (Å²) in [6.45, 7) is 7.28. The lowest BCUT2D eigenvalue weighted by molar-refractivity contribution is -0.161. The molecule has 0 spiro atoms. The standard InChI is InChI=1S/C76H148O17P2/c1-6-9-12-15-18-21-24-27-29-30-31-33-36-41-46-51-56-61-75(80)92-71(65-87-74(79)60-55-50-45-40-35-32-28-25-22-19-16-13-10-7-2)67-90-94(82,83)88-63-70(77)64-89-95(84,85)91-68-72(93-76(81)62-57-52-47-42-37-38-43-48-53-58-69(4)5)66-86-73(78)59-54-49-44-39-34-26-23-20-17-14-11-8-3/h69-72,77H,6-68H2,1-5H3,(H,82,83)(H,84,85)/t70-,71-,72-/m1/s1. The number of phosphoric acid groups is 2. The van der Waals surface area contributed by atoms with E-state index in [0.29, 0.717) is 25.7 Å². The van der Waals surface area contributed by atoms with Gasteiger partial charge in [0.1, 0.15) is 19.3 Å². The van der Waals surface area contributed by atoms with Gasteiger partial charge in [0.25, 0.3) is 0 Å². The zero-order valence-corrected chi connectivity index (χ0v) is 63.6. The van der Waals surface area contributed by atoms with E-state index in [9.17, 15) is 43.2 Å². The van der Waals surface area contributed by atoms with Crippen LogP contribution in [-0.2, 0) is 65.4 Å². The monoisotopic (exact) mass is 1400 g/mol. The molecule has 0 saturated carbocycles. The largest absolute Gasteiger partial charge is 0.472 e. The van der Waals surface area contributed by atoms with E-state index in [1.807, 2.05) is 0 Å². The first kappa shape index (κ1) is 93.1. The van der Waals surface area contributed by atoms with Crippen LogP contribution in [0.2, 0.25) is 0 Å². The van der Waals surface area contributed by atoms with Crippen molar-refractivity contribution >= 4 is 39.5 Å². The molecule has 0 heterocycles. The van der Waals surface area contributed by atoms with Gasteiger partial charge in [-0.3, -0.25) is 37.3 Å². The predicted octanol–water partition coefficient (Wildman–Crippen LogP) is 22.5. The number of aliphatic hydroxyl groups excluding tert-OH is 1. The van der Waals surface area contributed by atoms with Crippen molar-refractivity contribution in [1.29, 1.82) is 0 Å². The van der Waals surface area contributed by atoms with Crippen molar-refractivity contribution in [2.24, 2.45) is 5.92 Å². The number of hydrogen-bond acceptors (Lipinski definition) is 15. The number of hydrogen-bond donors (Lipinski definition) is 3. The van der Waals surface area contributed by atoms with Crippen LogP contribution < -0.4 is 0 Å². The molecule has 0 radical (unpaired) electrons. The fraction of sp³-hybridized carbons (Fsp3) is 0.947. The Morgan fingerprint density at radius 3 is 0.716 bits per heavy atom. The van der Waals surface area contributed by atoms with Gasteiger partial charge in [-0.2, -0.15) is 0 Å². The maximum absolute atomic E-state index is 13.1. The molecule has 0 aromatic carbocycles. The van der Waals surface area contributed by atoms with Crippen molar-refractivity contribution in [2.45, 2.75) is 419 Å². The first-order valence-corrected chi connectivity index (χ1v) is 42.6. The van der Waals surface area contributed by atoms with E-state index in [0.717, 1.165) is 95.8 Å². The van der Waals surface area contributed by atoms with Gasteiger partial charge in [0.2, 0.25) is 0 Å². The Hall–Kier alpha value is -1.94. The molecule has 0 fully saturated rings. The number of carbonyl (C=O) groups excluding carboxylic acids is 4. The van der Waals surface area contributed by atoms with E-state index >= 15 is 0 Å². The summed E-state index contributed by atoms with van der Waals surface area (Å²) in [6, 6.07) is 0. The molecular weight excluding hydrogens is 1250 g/mol. The second-order valence-corrected chi connectivity index (χ2v) is 30.8. The van der Waals surface area contributed by atoms with Crippen molar-refractivity contribution in [1.82, 2.24) is 0 Å². The van der Waals surface area contributed by atoms with Gasteiger partial charge in [0.05, 0.1) is 26.4 Å². The summed E-state index contributed by atoms with van der Waals surface area (Å²) in [5, 5.41) is 10.6. The molecule has 3 N–H and O–H groups in total. The molecule has 0 aliphatic heterocycles. The summed E-state index contributed by atoms with van der Waals surface area (Å²) in [5.41, 5.74) is 0. The van der Waals surface area contributed by atoms with Crippen LogP contribution in [0.25, 0.3) is 0 Å². The lowest BCUT2D eigenvalue weighted by Crippen LogP contribution is -2.30. The molecule has 0 aromatic heterocycles. The first-order chi connectivity index (χ1) is 46.0. The molecule has 564 valence electrons. The van der Waals surface area contributed by atoms with Crippen LogP contribution in [0, 0.1) is 5.92 Å². The molecule has 0 aliphatic rings. The highest BCUT2D eigenvalue weighted by Gasteiger charge is 2.30. The van der Waals surface area contributed by atoms with Crippen LogP contribution >= 0.6 is 15.6 Å². The third-order valence-electron chi connectivity index (χ3n) is 17.8. The topological polar surface area (TPSA) is 237 Å². The van der Waals surface area contributed by atoms with Gasteiger partial charge in [-0.1, -0.05) is 349 Å². The maximum Gasteiger partial charge on any atom is 0.472 e. The zero-order valence-electron chi connectivity index (χ0n) is 61.8. The third-order valence-corrected chi connectivity index (χ3v) is 19.7. The van der Waals surface area contributed by atoms with Crippen molar-refractivity contribution in [2.75, 3.05) is 39.6 Å². The average molecular weight is 1400 g/mol. The Labute approximate surface area is 581 Å². The Morgan fingerprint density at radius 2 is 0.484 bits per heavy atom. The van der Waals surface area contributed by atoms with Gasteiger partial charge in [-0.25, -0.2) is 9.13 Å². The van der Waals surface area contributed by atoms with Crippen molar-refractivity contribution in [3.8, 4) is 0 Å². The van der Waals surface area contributed by atoms with Crippen LogP contribution in [-0.4, -0.2) is 96.7 Å². The van der Waals surface area contributed by atoms with Gasteiger partial charge in [-0.15, -0.1) is 0 Å². The number of aliphatic hydroxyl groups is 1. The lowest BCUT2D eigenvalue weighted by Gasteiger charge is -2.21. The van der Waals surface area contributed by atoms with Gasteiger partial charge < -0.3 is 33.8 Å². The molecule has 0 saturated heterocycles. The number of esters is 4. The number of unbranched alkanes of at least 4 members (excludes halogenated alkanes) is 48. The summed E-state index contributed by atoms with van der Waals surface area (Å²) in [5.74, 6) is -1.37. The maximum atomic E-state index is 13.1. The number of phosphoric ester groups is 2. The van der Waals surface area contributed by atoms with E-state index in [1.165, 1.54) is 225 Å². The SMILES string of the molecule is CCCCCCCCCCCCCCCCCCCC(=O)O[C@H](COC(=O)CCCCCCCCCCCCCCCC)COP(=O)(O)OC[C@@H](O)COP(=O)(O)OC[C@@H](COC(=O)CCCCCCCCCCCCCC)OC(=O)CCCCCCCCCCCC(C)C. The van der Waals surface area contributed by atoms with E-state index < -0.39 is 97.5 Å². The molecule has 5 atom stereocenters. The Morgan fingerprint density at radius 1 is 0.284 bits per heavy atom. The molecule has 0 bridgehead atoms. The number of carbonyl (C=O) groups is 4. The Bertz CT molecular complexity index is 1820. The quantitative estimate of drug-likeness (QED) is 0.0222. The fourth-order valence-corrected chi connectivity index (χ4v) is 13.3. The summed E-state index contributed by atoms with van der Waals surface area (Å²) >= 11 is 0. The molecule has 2 unspecified atom stereocenters. The lowest BCUT2D eigenvalue weighted by atomic mass is 10.0. The highest BCUT2D eigenvalue weighted by atomic mass is 31.2. The summed E-state index contributed by atoms with van der Waals surface area (Å²) in [6.07, 6.45) is 58.1. The second kappa shape index (κ2) is 69.2. The second-order valence-electron chi connectivity index (χ2n) is 27.9. The smallest absolute Gasteiger partial charge is 0.462 e. The van der Waals surface area contributed by atoms with E-state index in [1.54, 1.807) is 0 Å². The fourth-order valence-electron chi connectivity index (χ4n) is 11.7. The van der Waals surface area contributed by atoms with Crippen molar-refractivity contribution < 1.29 is 80.2 Å². The Kier molecular flexibility index (Phi) is 67.7. The first-order valence-electron chi connectivity index (χ1n) is 39.6. The molecule has 19 heteroatoms. The van der Waals surface area contributed by atoms with Crippen LogP contribution in [0.15, 0.2) is 0 Å². The van der Waals surface area contributed by atoms with Crippen LogP contribution in [0.3, 0.4) is 0 Å². The number of rotatable bonds is 76. The van der Waals surface area contributed by atoms with Crippen LogP contribution in [0.4, 0.5) is 0 Å². The van der Waals surface area contributed by atoms with E-state index in [4.69, 9.17) is 37.0 Å². The molecule has 0 aromatic rings. The third kappa shape index (κ3) is 70.3. The zero-order chi connectivity index (χ0) is 69.8. The van der Waals surface area contributed by atoms with Crippen LogP contribution in [0.5, 0.6) is 0 Å². The summed E-state index contributed by atoms with van der Waals surface area (Å²) in [7, 11) is -9.91. The highest BCUT2D eigenvalue weighted by molar-refractivity contribution is 7.47. The molecule has 0 amide bonds. The minimum atomic E-state index is -4.96. The van der Waals surface area contributed by atoms with Gasteiger partial charge in [-0.05, 0) is 31.6 Å². The van der Waals surface area contributed by atoms with E-state index in [2.05, 4.69) is 34.6 Å². The molecule has 0 rings (SSSR count). The summed E-state index contributed by atoms with van der Waals surface area (Å²) in [4.78, 5) is 72.8.